The Morgan fingerprint density at radius 1 is 0.647 bits per heavy atom. The van der Waals surface area contributed by atoms with Crippen molar-refractivity contribution >= 4 is 36.6 Å². The zero-order valence-electron chi connectivity index (χ0n) is 8.91. The van der Waals surface area contributed by atoms with Crippen LogP contribution in [0.1, 0.15) is 0 Å². The maximum absolute atomic E-state index is 5.42. The third kappa shape index (κ3) is 5.85. The zero-order chi connectivity index (χ0) is 12.0. The molecule has 0 spiro atoms. The molecule has 2 nitrogen and oxygen atoms in total. The first kappa shape index (κ1) is 16.1. The van der Waals surface area contributed by atoms with Crippen molar-refractivity contribution in [1.29, 1.82) is 0 Å². The zero-order valence-corrected chi connectivity index (χ0v) is 12.1. The molecule has 0 aliphatic heterocycles. The minimum atomic E-state index is 0. The van der Waals surface area contributed by atoms with Crippen LogP contribution in [0.2, 0.25) is 0 Å². The predicted molar refractivity (Wildman–Crippen MR) is 73.0 cm³/mol. The van der Waals surface area contributed by atoms with E-state index in [0.29, 0.717) is 11.4 Å². The Kier molecular flexibility index (Phi) is 7.85. The van der Waals surface area contributed by atoms with Gasteiger partial charge >= 0.3 is 20.4 Å². The SMILES string of the molecule is Nc1ccccc1[S-].Nc1ccccc1[S-].[Pd+2]. The summed E-state index contributed by atoms with van der Waals surface area (Å²) in [5.41, 5.74) is 12.2. The van der Waals surface area contributed by atoms with Crippen LogP contribution in [-0.2, 0) is 45.7 Å². The summed E-state index contributed by atoms with van der Waals surface area (Å²) in [6.07, 6.45) is 0. The molecular weight excluding hydrogens is 343 g/mol. The van der Waals surface area contributed by atoms with Crippen LogP contribution in [0.25, 0.3) is 0 Å². The maximum atomic E-state index is 5.42. The predicted octanol–water partition coefficient (Wildman–Crippen LogP) is 2.35. The number of hydrogen-bond donors (Lipinski definition) is 2. The molecule has 2 rings (SSSR count). The molecule has 17 heavy (non-hydrogen) atoms. The minimum absolute atomic E-state index is 0. The molecule has 0 amide bonds. The molecule has 2 aromatic carbocycles. The van der Waals surface area contributed by atoms with Crippen molar-refractivity contribution in [3.05, 3.63) is 48.5 Å². The fourth-order valence-corrected chi connectivity index (χ4v) is 1.25. The Morgan fingerprint density at radius 2 is 0.941 bits per heavy atom. The van der Waals surface area contributed by atoms with Gasteiger partial charge in [-0.1, -0.05) is 36.4 Å². The quantitative estimate of drug-likeness (QED) is 0.433. The molecule has 0 fully saturated rings. The van der Waals surface area contributed by atoms with Crippen LogP contribution in [0.5, 0.6) is 0 Å². The molecule has 0 bridgehead atoms. The van der Waals surface area contributed by atoms with Crippen LogP contribution in [0.3, 0.4) is 0 Å². The van der Waals surface area contributed by atoms with Crippen molar-refractivity contribution in [2.45, 2.75) is 9.79 Å². The fraction of sp³-hybridized carbons (Fsp3) is 0. The molecule has 92 valence electrons. The van der Waals surface area contributed by atoms with Crippen molar-refractivity contribution in [2.24, 2.45) is 0 Å². The largest absolute Gasteiger partial charge is 2.00 e. The molecule has 0 aliphatic rings. The third-order valence-corrected chi connectivity index (χ3v) is 2.58. The van der Waals surface area contributed by atoms with Crippen molar-refractivity contribution < 1.29 is 20.4 Å². The van der Waals surface area contributed by atoms with Gasteiger partial charge in [0, 0.05) is 11.4 Å². The normalized spacial score (nSPS) is 8.47. The summed E-state index contributed by atoms with van der Waals surface area (Å²) >= 11 is 9.66. The van der Waals surface area contributed by atoms with E-state index in [0.717, 1.165) is 9.79 Å². The van der Waals surface area contributed by atoms with E-state index in [9.17, 15) is 0 Å². The van der Waals surface area contributed by atoms with E-state index in [-0.39, 0.29) is 20.4 Å². The molecule has 0 radical (unpaired) electrons. The van der Waals surface area contributed by atoms with E-state index >= 15 is 0 Å². The summed E-state index contributed by atoms with van der Waals surface area (Å²) in [6.45, 7) is 0. The number of nitrogen functional groups attached to an aromatic ring is 2. The molecule has 0 saturated heterocycles. The first-order valence-electron chi connectivity index (χ1n) is 4.64. The van der Waals surface area contributed by atoms with E-state index in [1.165, 1.54) is 0 Å². The van der Waals surface area contributed by atoms with Crippen LogP contribution in [0.4, 0.5) is 11.4 Å². The summed E-state index contributed by atoms with van der Waals surface area (Å²) in [5, 5.41) is 0. The van der Waals surface area contributed by atoms with E-state index in [1.807, 2.05) is 36.4 Å². The summed E-state index contributed by atoms with van der Waals surface area (Å²) < 4.78 is 0. The van der Waals surface area contributed by atoms with Gasteiger partial charge in [-0.25, -0.2) is 0 Å². The summed E-state index contributed by atoms with van der Waals surface area (Å²) in [4.78, 5) is 1.46. The molecular formula is C12H12N2PdS2. The van der Waals surface area contributed by atoms with E-state index < -0.39 is 0 Å². The Hall–Kier alpha value is -0.858. The molecule has 0 aromatic heterocycles. The Bertz CT molecular complexity index is 378. The molecule has 5 heteroatoms. The molecule has 4 N–H and O–H groups in total. The second-order valence-corrected chi connectivity index (χ2v) is 3.96. The van der Waals surface area contributed by atoms with Gasteiger partial charge < -0.3 is 36.7 Å². The number of benzene rings is 2. The van der Waals surface area contributed by atoms with Gasteiger partial charge in [0.2, 0.25) is 0 Å². The molecule has 0 saturated carbocycles. The average molecular weight is 355 g/mol. The van der Waals surface area contributed by atoms with Gasteiger partial charge in [-0.15, -0.1) is 0 Å². The number of rotatable bonds is 0. The maximum Gasteiger partial charge on any atom is 2.00 e. The van der Waals surface area contributed by atoms with Crippen molar-refractivity contribution in [2.75, 3.05) is 11.5 Å². The van der Waals surface area contributed by atoms with Gasteiger partial charge in [0.1, 0.15) is 0 Å². The van der Waals surface area contributed by atoms with Gasteiger partial charge in [-0.3, -0.25) is 0 Å². The van der Waals surface area contributed by atoms with Gasteiger partial charge in [0.05, 0.1) is 0 Å². The Labute approximate surface area is 126 Å². The summed E-state index contributed by atoms with van der Waals surface area (Å²) in [5.74, 6) is 0. The van der Waals surface area contributed by atoms with E-state index in [4.69, 9.17) is 36.7 Å². The minimum Gasteiger partial charge on any atom is -0.778 e. The van der Waals surface area contributed by atoms with Crippen molar-refractivity contribution in [3.63, 3.8) is 0 Å². The number of anilines is 2. The Balaban J connectivity index is 0.000000284. The molecule has 0 atom stereocenters. The Morgan fingerprint density at radius 3 is 1.12 bits per heavy atom. The van der Waals surface area contributed by atoms with E-state index in [2.05, 4.69) is 0 Å². The molecule has 0 unspecified atom stereocenters. The average Bonchev–Trinajstić information content (AvgIpc) is 2.28. The van der Waals surface area contributed by atoms with Gasteiger partial charge in [0.25, 0.3) is 0 Å². The van der Waals surface area contributed by atoms with Gasteiger partial charge in [-0.2, -0.15) is 9.79 Å². The van der Waals surface area contributed by atoms with Gasteiger partial charge in [0.15, 0.2) is 0 Å². The first-order valence-corrected chi connectivity index (χ1v) is 5.46. The van der Waals surface area contributed by atoms with Crippen molar-refractivity contribution in [3.8, 4) is 0 Å². The smallest absolute Gasteiger partial charge is 0.778 e. The molecule has 2 aromatic rings. The second-order valence-electron chi connectivity index (χ2n) is 3.08. The monoisotopic (exact) mass is 354 g/mol. The topological polar surface area (TPSA) is 52.0 Å². The summed E-state index contributed by atoms with van der Waals surface area (Å²) in [6, 6.07) is 14.7. The van der Waals surface area contributed by atoms with Crippen LogP contribution in [0.15, 0.2) is 58.3 Å². The summed E-state index contributed by atoms with van der Waals surface area (Å²) in [7, 11) is 0. The number of para-hydroxylation sites is 2. The third-order valence-electron chi connectivity index (χ3n) is 1.84. The van der Waals surface area contributed by atoms with Crippen LogP contribution in [-0.4, -0.2) is 0 Å². The standard InChI is InChI=1S/2C6H7NS.Pd/c2*7-5-3-1-2-4-6(5)8;/h2*1-4,8H,7H2;/q;;+2/p-2. The first-order chi connectivity index (χ1) is 7.61. The van der Waals surface area contributed by atoms with Crippen LogP contribution >= 0.6 is 0 Å². The van der Waals surface area contributed by atoms with Crippen LogP contribution in [0, 0.1) is 0 Å². The number of nitrogens with two attached hydrogens (primary N) is 2. The number of hydrogen-bond acceptors (Lipinski definition) is 4. The van der Waals surface area contributed by atoms with E-state index in [1.54, 1.807) is 12.1 Å². The fourth-order valence-electron chi connectivity index (χ4n) is 0.961. The second kappa shape index (κ2) is 8.27. The molecule has 0 heterocycles. The van der Waals surface area contributed by atoms with Crippen LogP contribution < -0.4 is 11.5 Å². The van der Waals surface area contributed by atoms with Gasteiger partial charge in [-0.05, 0) is 12.1 Å². The van der Waals surface area contributed by atoms with Crippen molar-refractivity contribution in [1.82, 2.24) is 0 Å². The molecule has 0 aliphatic carbocycles.